The van der Waals surface area contributed by atoms with Gasteiger partial charge in [0, 0.05) is 21.9 Å². The van der Waals surface area contributed by atoms with E-state index < -0.39 is 0 Å². The summed E-state index contributed by atoms with van der Waals surface area (Å²) in [7, 11) is 0. The number of benzene rings is 3. The molecule has 180 valence electrons. The van der Waals surface area contributed by atoms with Crippen LogP contribution in [0.5, 0.6) is 0 Å². The summed E-state index contributed by atoms with van der Waals surface area (Å²) >= 11 is 1.83. The predicted octanol–water partition coefficient (Wildman–Crippen LogP) is 10.0. The quantitative estimate of drug-likeness (QED) is 0.246. The van der Waals surface area contributed by atoms with Crippen molar-refractivity contribution in [1.82, 2.24) is 4.98 Å². The van der Waals surface area contributed by atoms with Crippen molar-refractivity contribution in [1.29, 1.82) is 0 Å². The number of aromatic nitrogens is 1. The molecule has 0 aliphatic heterocycles. The van der Waals surface area contributed by atoms with Crippen molar-refractivity contribution in [3.8, 4) is 22.4 Å². The van der Waals surface area contributed by atoms with Crippen LogP contribution in [0, 0.1) is 5.92 Å². The zero-order valence-corrected chi connectivity index (χ0v) is 22.4. The van der Waals surface area contributed by atoms with Crippen LogP contribution in [-0.2, 0) is 11.8 Å². The molecule has 0 aliphatic carbocycles. The lowest BCUT2D eigenvalue weighted by atomic mass is 9.82. The monoisotopic (exact) mass is 489 g/mol. The van der Waals surface area contributed by atoms with Crippen LogP contribution in [0.1, 0.15) is 45.7 Å². The van der Waals surface area contributed by atoms with Gasteiger partial charge in [-0.1, -0.05) is 71.0 Å². The van der Waals surface area contributed by atoms with Gasteiger partial charge >= 0.3 is 0 Å². The second kappa shape index (κ2) is 8.60. The van der Waals surface area contributed by atoms with Crippen LogP contribution in [0.3, 0.4) is 0 Å². The Morgan fingerprint density at radius 2 is 1.72 bits per heavy atom. The summed E-state index contributed by atoms with van der Waals surface area (Å²) in [5.74, 6) is 0.646. The molecular formula is C33H31NOS. The number of furan rings is 1. The third-order valence-electron chi connectivity index (χ3n) is 6.97. The van der Waals surface area contributed by atoms with Crippen molar-refractivity contribution in [3.05, 3.63) is 89.5 Å². The fourth-order valence-electron chi connectivity index (χ4n) is 5.25. The van der Waals surface area contributed by atoms with Crippen molar-refractivity contribution in [2.75, 3.05) is 0 Å². The largest absolute Gasteiger partial charge is 0.462 e. The molecule has 2 nitrogen and oxygen atoms in total. The minimum Gasteiger partial charge on any atom is -0.462 e. The Kier molecular flexibility index (Phi) is 5.49. The summed E-state index contributed by atoms with van der Waals surface area (Å²) in [4.78, 5) is 5.03. The molecule has 0 amide bonds. The summed E-state index contributed by atoms with van der Waals surface area (Å²) in [6.45, 7) is 11.4. The fourth-order valence-corrected chi connectivity index (χ4v) is 6.26. The van der Waals surface area contributed by atoms with Gasteiger partial charge in [-0.05, 0) is 80.2 Å². The Hall–Kier alpha value is -3.43. The highest BCUT2D eigenvalue weighted by Gasteiger charge is 2.20. The van der Waals surface area contributed by atoms with Crippen LogP contribution >= 0.6 is 11.3 Å². The highest BCUT2D eigenvalue weighted by molar-refractivity contribution is 7.17. The number of hydrogen-bond donors (Lipinski definition) is 0. The molecule has 6 rings (SSSR count). The lowest BCUT2D eigenvalue weighted by molar-refractivity contribution is 0.596. The highest BCUT2D eigenvalue weighted by Crippen LogP contribution is 2.39. The number of thiophene rings is 1. The van der Waals surface area contributed by atoms with E-state index in [2.05, 4.69) is 101 Å². The highest BCUT2D eigenvalue weighted by atomic mass is 32.1. The van der Waals surface area contributed by atoms with Crippen molar-refractivity contribution >= 4 is 43.3 Å². The first-order valence-electron chi connectivity index (χ1n) is 12.7. The van der Waals surface area contributed by atoms with Crippen LogP contribution < -0.4 is 0 Å². The van der Waals surface area contributed by atoms with Gasteiger partial charge in [-0.25, -0.2) is 4.98 Å². The molecule has 0 saturated heterocycles. The van der Waals surface area contributed by atoms with E-state index in [1.807, 2.05) is 17.4 Å². The van der Waals surface area contributed by atoms with E-state index in [4.69, 9.17) is 9.40 Å². The molecule has 0 spiro atoms. The topological polar surface area (TPSA) is 26.0 Å². The Bertz CT molecular complexity index is 1730. The first-order valence-corrected chi connectivity index (χ1v) is 13.6. The molecule has 0 radical (unpaired) electrons. The lowest BCUT2D eigenvalue weighted by Gasteiger charge is -2.23. The maximum Gasteiger partial charge on any atom is 0.160 e. The van der Waals surface area contributed by atoms with Gasteiger partial charge in [0.15, 0.2) is 5.58 Å². The summed E-state index contributed by atoms with van der Waals surface area (Å²) in [6.07, 6.45) is 2.86. The molecule has 3 heteroatoms. The van der Waals surface area contributed by atoms with Crippen LogP contribution in [0.25, 0.3) is 54.3 Å². The number of pyridine rings is 1. The normalized spacial score (nSPS) is 12.4. The third-order valence-corrected chi connectivity index (χ3v) is 7.97. The van der Waals surface area contributed by atoms with Crippen LogP contribution in [0.4, 0.5) is 0 Å². The molecule has 0 N–H and O–H groups in total. The van der Waals surface area contributed by atoms with E-state index in [0.29, 0.717) is 5.92 Å². The molecule has 0 unspecified atom stereocenters. The standard InChI is InChI=1S/C33H31NOS/c1-20(2)14-24-19-36-31-17-22(10-11-26(24)31)27-18-30(34-29-12-13-35-32(27)29)23-15-21-8-6-7-9-25(21)28(16-23)33(3,4)5/h6-13,15-20H,14H2,1-5H3. The predicted molar refractivity (Wildman–Crippen MR) is 155 cm³/mol. The second-order valence-electron chi connectivity index (χ2n) is 11.3. The van der Waals surface area contributed by atoms with Crippen molar-refractivity contribution < 1.29 is 4.42 Å². The summed E-state index contributed by atoms with van der Waals surface area (Å²) in [5.41, 5.74) is 8.91. The average molecular weight is 490 g/mol. The van der Waals surface area contributed by atoms with Gasteiger partial charge in [-0.15, -0.1) is 11.3 Å². The number of hydrogen-bond acceptors (Lipinski definition) is 3. The SMILES string of the molecule is CC(C)Cc1csc2cc(-c3cc(-c4cc(C(C)(C)C)c5ccccc5c4)nc4ccoc34)ccc12. The average Bonchev–Trinajstić information content (AvgIpc) is 3.48. The molecule has 36 heavy (non-hydrogen) atoms. The molecule has 3 aromatic carbocycles. The summed E-state index contributed by atoms with van der Waals surface area (Å²) in [6, 6.07) is 24.2. The van der Waals surface area contributed by atoms with Gasteiger partial charge in [-0.2, -0.15) is 0 Å². The fraction of sp³-hybridized carbons (Fsp3) is 0.242. The Labute approximate surface area is 216 Å². The van der Waals surface area contributed by atoms with E-state index in [1.165, 1.54) is 37.5 Å². The molecule has 0 fully saturated rings. The maximum absolute atomic E-state index is 5.95. The van der Waals surface area contributed by atoms with Crippen molar-refractivity contribution in [2.45, 2.75) is 46.5 Å². The molecular weight excluding hydrogens is 458 g/mol. The zero-order valence-electron chi connectivity index (χ0n) is 21.6. The van der Waals surface area contributed by atoms with Crippen LogP contribution in [-0.4, -0.2) is 4.98 Å². The first kappa shape index (κ1) is 23.0. The Morgan fingerprint density at radius 3 is 2.53 bits per heavy atom. The molecule has 0 atom stereocenters. The minimum absolute atomic E-state index is 0.0239. The second-order valence-corrected chi connectivity index (χ2v) is 12.2. The minimum atomic E-state index is 0.0239. The molecule has 3 aromatic heterocycles. The van der Waals surface area contributed by atoms with Gasteiger partial charge < -0.3 is 4.42 Å². The van der Waals surface area contributed by atoms with E-state index in [0.717, 1.165) is 34.3 Å². The smallest absolute Gasteiger partial charge is 0.160 e. The third kappa shape index (κ3) is 4.02. The Morgan fingerprint density at radius 1 is 0.889 bits per heavy atom. The number of rotatable bonds is 4. The van der Waals surface area contributed by atoms with Gasteiger partial charge in [0.2, 0.25) is 0 Å². The number of nitrogens with zero attached hydrogens (tertiary/aromatic N) is 1. The van der Waals surface area contributed by atoms with Gasteiger partial charge in [0.25, 0.3) is 0 Å². The zero-order chi connectivity index (χ0) is 25.0. The van der Waals surface area contributed by atoms with E-state index in [9.17, 15) is 0 Å². The van der Waals surface area contributed by atoms with Gasteiger partial charge in [0.1, 0.15) is 5.52 Å². The lowest BCUT2D eigenvalue weighted by Crippen LogP contribution is -2.12. The van der Waals surface area contributed by atoms with Crippen LogP contribution in [0.2, 0.25) is 0 Å². The van der Waals surface area contributed by atoms with Crippen molar-refractivity contribution in [3.63, 3.8) is 0 Å². The van der Waals surface area contributed by atoms with E-state index in [1.54, 1.807) is 6.26 Å². The van der Waals surface area contributed by atoms with E-state index in [-0.39, 0.29) is 5.41 Å². The van der Waals surface area contributed by atoms with E-state index >= 15 is 0 Å². The molecule has 0 saturated carbocycles. The van der Waals surface area contributed by atoms with Gasteiger partial charge in [-0.3, -0.25) is 0 Å². The van der Waals surface area contributed by atoms with Gasteiger partial charge in [0.05, 0.1) is 12.0 Å². The number of fused-ring (bicyclic) bond motifs is 3. The molecule has 3 heterocycles. The molecule has 0 aliphatic rings. The summed E-state index contributed by atoms with van der Waals surface area (Å²) < 4.78 is 7.27. The van der Waals surface area contributed by atoms with Crippen LogP contribution in [0.15, 0.2) is 82.8 Å². The summed E-state index contributed by atoms with van der Waals surface area (Å²) in [5, 5.41) is 6.23. The maximum atomic E-state index is 5.95. The van der Waals surface area contributed by atoms with Crippen molar-refractivity contribution in [2.24, 2.45) is 5.92 Å². The molecule has 6 aromatic rings. The Balaban J connectivity index is 1.54. The first-order chi connectivity index (χ1) is 17.3. The molecule has 0 bridgehead atoms.